The summed E-state index contributed by atoms with van der Waals surface area (Å²) >= 11 is 6.62. The molecule has 0 unspecified atom stereocenters. The number of amides is 2. The van der Waals surface area contributed by atoms with E-state index in [2.05, 4.69) is 42.2 Å². The van der Waals surface area contributed by atoms with Crippen LogP contribution in [-0.2, 0) is 11.2 Å². The third-order valence-corrected chi connectivity index (χ3v) is 4.20. The van der Waals surface area contributed by atoms with Crippen molar-refractivity contribution in [2.45, 2.75) is 12.5 Å². The smallest absolute Gasteiger partial charge is 0.251 e. The third-order valence-electron chi connectivity index (χ3n) is 3.00. The zero-order valence-corrected chi connectivity index (χ0v) is 14.6. The summed E-state index contributed by atoms with van der Waals surface area (Å²) in [4.78, 5) is 27.9. The Morgan fingerprint density at radius 1 is 1.23 bits per heavy atom. The number of nitrogens with one attached hydrogen (secondary N) is 1. The van der Waals surface area contributed by atoms with Crippen molar-refractivity contribution < 1.29 is 9.59 Å². The van der Waals surface area contributed by atoms with E-state index in [0.29, 0.717) is 10.2 Å². The van der Waals surface area contributed by atoms with E-state index < -0.39 is 11.9 Å². The van der Waals surface area contributed by atoms with Gasteiger partial charge in [-0.05, 0) is 45.8 Å². The van der Waals surface area contributed by atoms with Gasteiger partial charge in [0.05, 0.1) is 0 Å². The molecule has 7 heteroatoms. The van der Waals surface area contributed by atoms with Crippen LogP contribution >= 0.6 is 31.9 Å². The van der Waals surface area contributed by atoms with Crippen molar-refractivity contribution in [3.8, 4) is 0 Å². The Labute approximate surface area is 144 Å². The summed E-state index contributed by atoms with van der Waals surface area (Å²) in [5, 5.41) is 2.65. The molecule has 3 N–H and O–H groups in total. The van der Waals surface area contributed by atoms with Gasteiger partial charge in [-0.25, -0.2) is 4.98 Å². The highest BCUT2D eigenvalue weighted by Crippen LogP contribution is 2.15. The summed E-state index contributed by atoms with van der Waals surface area (Å²) in [6.45, 7) is 0. The van der Waals surface area contributed by atoms with Gasteiger partial charge in [0.1, 0.15) is 10.6 Å². The summed E-state index contributed by atoms with van der Waals surface area (Å²) in [5.74, 6) is -0.954. The number of carbonyl (C=O) groups is 2. The third kappa shape index (κ3) is 4.38. The van der Waals surface area contributed by atoms with Gasteiger partial charge in [-0.3, -0.25) is 9.59 Å². The van der Waals surface area contributed by atoms with E-state index in [9.17, 15) is 9.59 Å². The zero-order chi connectivity index (χ0) is 16.1. The van der Waals surface area contributed by atoms with Crippen LogP contribution in [0.3, 0.4) is 0 Å². The molecule has 22 heavy (non-hydrogen) atoms. The van der Waals surface area contributed by atoms with E-state index in [0.717, 1.165) is 10.0 Å². The molecule has 0 fully saturated rings. The predicted molar refractivity (Wildman–Crippen MR) is 90.2 cm³/mol. The van der Waals surface area contributed by atoms with Crippen LogP contribution < -0.4 is 11.1 Å². The summed E-state index contributed by atoms with van der Waals surface area (Å²) < 4.78 is 1.41. The van der Waals surface area contributed by atoms with Crippen LogP contribution in [0.2, 0.25) is 0 Å². The number of hydrogen-bond acceptors (Lipinski definition) is 3. The van der Waals surface area contributed by atoms with Gasteiger partial charge in [0.15, 0.2) is 0 Å². The van der Waals surface area contributed by atoms with Crippen LogP contribution in [0.1, 0.15) is 15.9 Å². The molecule has 0 radical (unpaired) electrons. The van der Waals surface area contributed by atoms with E-state index in [1.165, 1.54) is 0 Å². The highest BCUT2D eigenvalue weighted by Gasteiger charge is 2.20. The second kappa shape index (κ2) is 7.51. The molecular weight excluding hydrogens is 414 g/mol. The fraction of sp³-hybridized carbons (Fsp3) is 0.133. The Hall–Kier alpha value is -1.73. The molecule has 1 heterocycles. The number of primary amides is 1. The average Bonchev–Trinajstić information content (AvgIpc) is 2.48. The van der Waals surface area contributed by atoms with Crippen molar-refractivity contribution in [2.24, 2.45) is 5.73 Å². The minimum absolute atomic E-state index is 0.267. The van der Waals surface area contributed by atoms with Crippen molar-refractivity contribution in [3.63, 3.8) is 0 Å². The Morgan fingerprint density at radius 3 is 2.64 bits per heavy atom. The van der Waals surface area contributed by atoms with Gasteiger partial charge in [-0.15, -0.1) is 0 Å². The fourth-order valence-corrected chi connectivity index (χ4v) is 2.70. The maximum absolute atomic E-state index is 12.2. The molecule has 2 rings (SSSR count). The van der Waals surface area contributed by atoms with Gasteiger partial charge < -0.3 is 11.1 Å². The monoisotopic (exact) mass is 425 g/mol. The van der Waals surface area contributed by atoms with Gasteiger partial charge in [-0.1, -0.05) is 28.1 Å². The zero-order valence-electron chi connectivity index (χ0n) is 11.4. The lowest BCUT2D eigenvalue weighted by Crippen LogP contribution is -2.45. The van der Waals surface area contributed by atoms with Crippen LogP contribution in [-0.4, -0.2) is 22.8 Å². The van der Waals surface area contributed by atoms with Gasteiger partial charge in [0.25, 0.3) is 5.91 Å². The second-order valence-electron chi connectivity index (χ2n) is 4.60. The Morgan fingerprint density at radius 2 is 2.00 bits per heavy atom. The molecule has 0 saturated heterocycles. The second-order valence-corrected chi connectivity index (χ2v) is 6.26. The first-order valence-corrected chi connectivity index (χ1v) is 8.01. The highest BCUT2D eigenvalue weighted by atomic mass is 79.9. The molecule has 1 atom stereocenters. The van der Waals surface area contributed by atoms with Crippen LogP contribution in [0.15, 0.2) is 51.7 Å². The van der Waals surface area contributed by atoms with Gasteiger partial charge in [-0.2, -0.15) is 0 Å². The number of halogens is 2. The summed E-state index contributed by atoms with van der Waals surface area (Å²) in [7, 11) is 0. The molecule has 1 aromatic carbocycles. The number of pyridine rings is 1. The summed E-state index contributed by atoms with van der Waals surface area (Å²) in [6.07, 6.45) is 1.90. The minimum atomic E-state index is -0.813. The minimum Gasteiger partial charge on any atom is -0.368 e. The topological polar surface area (TPSA) is 85.1 Å². The normalized spacial score (nSPS) is 11.7. The highest BCUT2D eigenvalue weighted by molar-refractivity contribution is 9.10. The molecule has 5 nitrogen and oxygen atoms in total. The van der Waals surface area contributed by atoms with Crippen LogP contribution in [0.25, 0.3) is 0 Å². The quantitative estimate of drug-likeness (QED) is 0.720. The van der Waals surface area contributed by atoms with Crippen molar-refractivity contribution in [1.82, 2.24) is 10.3 Å². The molecule has 0 bridgehead atoms. The Balaban J connectivity index is 2.14. The maximum atomic E-state index is 12.2. The summed E-state index contributed by atoms with van der Waals surface area (Å²) in [5.41, 5.74) is 6.63. The Kier molecular flexibility index (Phi) is 5.68. The molecule has 2 amide bonds. The largest absolute Gasteiger partial charge is 0.368 e. The first kappa shape index (κ1) is 16.6. The van der Waals surface area contributed by atoms with Crippen molar-refractivity contribution >= 4 is 43.7 Å². The number of hydrogen-bond donors (Lipinski definition) is 2. The molecule has 114 valence electrons. The predicted octanol–water partition coefficient (Wildman–Crippen LogP) is 2.43. The Bertz CT molecular complexity index is 707. The first-order valence-electron chi connectivity index (χ1n) is 6.42. The van der Waals surface area contributed by atoms with Gasteiger partial charge in [0, 0.05) is 22.7 Å². The van der Waals surface area contributed by atoms with Crippen molar-refractivity contribution in [3.05, 3.63) is 62.8 Å². The molecule has 2 aromatic rings. The van der Waals surface area contributed by atoms with E-state index in [-0.39, 0.29) is 12.3 Å². The average molecular weight is 427 g/mol. The van der Waals surface area contributed by atoms with Gasteiger partial charge >= 0.3 is 0 Å². The molecule has 1 aromatic heterocycles. The number of rotatable bonds is 5. The molecule has 0 spiro atoms. The number of nitrogens with zero attached hydrogens (tertiary/aromatic N) is 1. The summed E-state index contributed by atoms with van der Waals surface area (Å²) in [6, 6.07) is 9.66. The molecule has 0 aliphatic carbocycles. The van der Waals surface area contributed by atoms with E-state index in [1.807, 2.05) is 12.1 Å². The van der Waals surface area contributed by atoms with Crippen LogP contribution in [0.4, 0.5) is 0 Å². The van der Waals surface area contributed by atoms with E-state index in [1.54, 1.807) is 30.5 Å². The molecule has 0 saturated carbocycles. The van der Waals surface area contributed by atoms with E-state index >= 15 is 0 Å². The van der Waals surface area contributed by atoms with Crippen LogP contribution in [0, 0.1) is 0 Å². The van der Waals surface area contributed by atoms with Crippen molar-refractivity contribution in [2.75, 3.05) is 0 Å². The lowest BCUT2D eigenvalue weighted by molar-refractivity contribution is -0.119. The first-order chi connectivity index (χ1) is 10.5. The fourth-order valence-electron chi connectivity index (χ4n) is 1.89. The van der Waals surface area contributed by atoms with E-state index in [4.69, 9.17) is 5.73 Å². The number of carbonyl (C=O) groups excluding carboxylic acids is 2. The number of aromatic nitrogens is 1. The standard InChI is InChI=1S/C15H13Br2N3O2/c16-11-5-1-3-10(7-11)15(22)20-12(14(18)21)8-9-4-2-6-19-13(9)17/h1-7,12H,8H2,(H2,18,21)(H,20,22)/t12-/m1/s1. The molecular formula is C15H13Br2N3O2. The number of nitrogens with two attached hydrogens (primary N) is 1. The SMILES string of the molecule is NC(=O)[C@@H](Cc1cccnc1Br)NC(=O)c1cccc(Br)c1. The molecule has 0 aliphatic heterocycles. The lowest BCUT2D eigenvalue weighted by atomic mass is 10.1. The number of benzene rings is 1. The van der Waals surface area contributed by atoms with Crippen molar-refractivity contribution in [1.29, 1.82) is 0 Å². The van der Waals surface area contributed by atoms with Crippen LogP contribution in [0.5, 0.6) is 0 Å². The van der Waals surface area contributed by atoms with Gasteiger partial charge in [0.2, 0.25) is 5.91 Å². The molecule has 0 aliphatic rings. The lowest BCUT2D eigenvalue weighted by Gasteiger charge is -2.16. The maximum Gasteiger partial charge on any atom is 0.251 e.